The summed E-state index contributed by atoms with van der Waals surface area (Å²) < 4.78 is 0.883. The Morgan fingerprint density at radius 2 is 2.06 bits per heavy atom. The molecule has 0 spiro atoms. The molecule has 0 fully saturated rings. The molecule has 0 bridgehead atoms. The lowest BCUT2D eigenvalue weighted by atomic mass is 10.1. The number of nitrogens with two attached hydrogens (primary N) is 1. The second kappa shape index (κ2) is 6.03. The molecule has 0 unspecified atom stereocenters. The van der Waals surface area contributed by atoms with Crippen LogP contribution in [-0.4, -0.2) is 0 Å². The molecule has 0 aliphatic heterocycles. The molecule has 0 saturated heterocycles. The molecule has 0 saturated carbocycles. The van der Waals surface area contributed by atoms with Crippen LogP contribution >= 0.6 is 51.3 Å². The van der Waals surface area contributed by atoms with Gasteiger partial charge in [-0.25, -0.2) is 0 Å². The fourth-order valence-corrected chi connectivity index (χ4v) is 2.61. The van der Waals surface area contributed by atoms with Crippen molar-refractivity contribution in [2.75, 3.05) is 0 Å². The highest BCUT2D eigenvalue weighted by Crippen LogP contribution is 2.29. The van der Waals surface area contributed by atoms with Gasteiger partial charge in [0.1, 0.15) is 0 Å². The summed E-state index contributed by atoms with van der Waals surface area (Å²) in [5.74, 6) is 0. The molecule has 0 radical (unpaired) electrons. The first-order chi connectivity index (χ1) is 7.18. The second-order valence-corrected chi connectivity index (χ2v) is 5.41. The van der Waals surface area contributed by atoms with Gasteiger partial charge in [0.05, 0.1) is 11.1 Å². The fourth-order valence-electron chi connectivity index (χ4n) is 1.34. The van der Waals surface area contributed by atoms with Crippen LogP contribution in [0.3, 0.4) is 0 Å². The largest absolute Gasteiger partial charge is 0.320 e. The molecule has 1 aromatic carbocycles. The van der Waals surface area contributed by atoms with Gasteiger partial charge in [-0.3, -0.25) is 0 Å². The Bertz CT molecular complexity index is 459. The van der Waals surface area contributed by atoms with E-state index >= 15 is 0 Å². The van der Waals surface area contributed by atoms with Crippen LogP contribution in [-0.2, 0) is 0 Å². The van der Waals surface area contributed by atoms with Crippen LogP contribution in [0.4, 0.5) is 0 Å². The minimum atomic E-state index is -0.0708. The number of hydrogen-bond acceptors (Lipinski definition) is 2. The first-order valence-electron chi connectivity index (χ1n) is 4.42. The van der Waals surface area contributed by atoms with Gasteiger partial charge in [-0.1, -0.05) is 23.7 Å². The Balaban J connectivity index is 0.00000128. The third-order valence-corrected chi connectivity index (χ3v) is 4.32. The lowest BCUT2D eigenvalue weighted by Gasteiger charge is -2.10. The molecule has 0 amide bonds. The van der Waals surface area contributed by atoms with Gasteiger partial charge >= 0.3 is 0 Å². The predicted molar refractivity (Wildman–Crippen MR) is 76.7 cm³/mol. The molecule has 86 valence electrons. The van der Waals surface area contributed by atoms with E-state index in [1.54, 1.807) is 11.3 Å². The van der Waals surface area contributed by atoms with Crippen molar-refractivity contribution >= 4 is 51.3 Å². The summed E-state index contributed by atoms with van der Waals surface area (Å²) in [6, 6.07) is 9.75. The van der Waals surface area contributed by atoms with E-state index in [9.17, 15) is 0 Å². The van der Waals surface area contributed by atoms with Crippen molar-refractivity contribution in [3.8, 4) is 0 Å². The zero-order valence-electron chi connectivity index (χ0n) is 8.19. The average molecular weight is 339 g/mol. The summed E-state index contributed by atoms with van der Waals surface area (Å²) in [6.45, 7) is 0. The van der Waals surface area contributed by atoms with Crippen LogP contribution in [0.5, 0.6) is 0 Å². The minimum absolute atomic E-state index is 0. The van der Waals surface area contributed by atoms with E-state index < -0.39 is 0 Å². The van der Waals surface area contributed by atoms with E-state index in [1.807, 2.05) is 35.7 Å². The summed E-state index contributed by atoms with van der Waals surface area (Å²) in [4.78, 5) is 1.16. The molecular formula is C11H10BrCl2NS. The lowest BCUT2D eigenvalue weighted by Crippen LogP contribution is -2.09. The van der Waals surface area contributed by atoms with E-state index in [4.69, 9.17) is 17.3 Å². The van der Waals surface area contributed by atoms with Gasteiger partial charge in [-0.05, 0) is 45.1 Å². The summed E-state index contributed by atoms with van der Waals surface area (Å²) in [6.07, 6.45) is 0. The van der Waals surface area contributed by atoms with Crippen LogP contribution < -0.4 is 5.73 Å². The van der Waals surface area contributed by atoms with Gasteiger partial charge in [0.25, 0.3) is 0 Å². The number of hydrogen-bond donors (Lipinski definition) is 1. The second-order valence-electron chi connectivity index (χ2n) is 3.17. The molecule has 1 nitrogen and oxygen atoms in total. The number of rotatable bonds is 2. The zero-order valence-corrected chi connectivity index (χ0v) is 12.2. The molecule has 2 aromatic rings. The van der Waals surface area contributed by atoms with Crippen molar-refractivity contribution in [3.63, 3.8) is 0 Å². The Hall–Kier alpha value is -0.0600. The Kier molecular flexibility index (Phi) is 5.28. The third-order valence-electron chi connectivity index (χ3n) is 2.15. The normalized spacial score (nSPS) is 11.9. The summed E-state index contributed by atoms with van der Waals surface area (Å²) in [5.41, 5.74) is 7.19. The van der Waals surface area contributed by atoms with Gasteiger partial charge in [-0.2, -0.15) is 0 Å². The van der Waals surface area contributed by atoms with Crippen LogP contribution in [0.25, 0.3) is 0 Å². The minimum Gasteiger partial charge on any atom is -0.320 e. The molecule has 1 heterocycles. The lowest BCUT2D eigenvalue weighted by molar-refractivity contribution is 0.892. The highest BCUT2D eigenvalue weighted by atomic mass is 79.9. The fraction of sp³-hybridized carbons (Fsp3) is 0.0909. The van der Waals surface area contributed by atoms with Gasteiger partial charge in [0, 0.05) is 9.35 Å². The molecule has 16 heavy (non-hydrogen) atoms. The smallest absolute Gasteiger partial charge is 0.0646 e. The average Bonchev–Trinajstić information content (AvgIpc) is 2.74. The summed E-state index contributed by atoms with van der Waals surface area (Å²) in [7, 11) is 0. The van der Waals surface area contributed by atoms with E-state index in [2.05, 4.69) is 15.9 Å². The van der Waals surface area contributed by atoms with E-state index in [0.717, 1.165) is 14.9 Å². The van der Waals surface area contributed by atoms with Gasteiger partial charge in [0.15, 0.2) is 0 Å². The van der Waals surface area contributed by atoms with Crippen LogP contribution in [0.15, 0.2) is 40.2 Å². The standard InChI is InChI=1S/C11H9BrClNS.ClH/c12-8-6-7(3-4-9(8)13)11(14)10-2-1-5-15-10;/h1-6,11H,14H2;1H/t11-;/m1./s1. The molecule has 0 aliphatic carbocycles. The molecule has 1 aromatic heterocycles. The van der Waals surface area contributed by atoms with E-state index in [1.165, 1.54) is 0 Å². The Morgan fingerprint density at radius 3 is 2.62 bits per heavy atom. The van der Waals surface area contributed by atoms with Crippen molar-refractivity contribution in [2.24, 2.45) is 5.73 Å². The molecular weight excluding hydrogens is 329 g/mol. The first kappa shape index (κ1) is 14.0. The predicted octanol–water partition coefficient (Wildman–Crippen LogP) is 4.63. The quantitative estimate of drug-likeness (QED) is 0.848. The van der Waals surface area contributed by atoms with E-state index in [0.29, 0.717) is 5.02 Å². The van der Waals surface area contributed by atoms with Crippen molar-refractivity contribution in [1.29, 1.82) is 0 Å². The number of benzene rings is 1. The molecule has 5 heteroatoms. The third kappa shape index (κ3) is 2.99. The first-order valence-corrected chi connectivity index (χ1v) is 6.47. The van der Waals surface area contributed by atoms with Gasteiger partial charge in [0.2, 0.25) is 0 Å². The molecule has 2 N–H and O–H groups in total. The zero-order chi connectivity index (χ0) is 10.8. The highest BCUT2D eigenvalue weighted by molar-refractivity contribution is 9.10. The topological polar surface area (TPSA) is 26.0 Å². The monoisotopic (exact) mass is 337 g/mol. The van der Waals surface area contributed by atoms with Crippen LogP contribution in [0.2, 0.25) is 5.02 Å². The molecule has 1 atom stereocenters. The van der Waals surface area contributed by atoms with E-state index in [-0.39, 0.29) is 18.4 Å². The molecule has 2 rings (SSSR count). The SMILES string of the molecule is Cl.N[C@H](c1ccc(Cl)c(Br)c1)c1cccs1. The Morgan fingerprint density at radius 1 is 1.31 bits per heavy atom. The van der Waals surface area contributed by atoms with Crippen molar-refractivity contribution < 1.29 is 0 Å². The van der Waals surface area contributed by atoms with Crippen molar-refractivity contribution in [3.05, 3.63) is 55.6 Å². The van der Waals surface area contributed by atoms with Crippen LogP contribution in [0, 0.1) is 0 Å². The highest BCUT2D eigenvalue weighted by Gasteiger charge is 2.10. The summed E-state index contributed by atoms with van der Waals surface area (Å²) >= 11 is 11.0. The maximum absolute atomic E-state index is 6.13. The molecule has 0 aliphatic rings. The maximum atomic E-state index is 6.13. The maximum Gasteiger partial charge on any atom is 0.0646 e. The Labute approximate surface area is 118 Å². The van der Waals surface area contributed by atoms with Gasteiger partial charge < -0.3 is 5.73 Å². The van der Waals surface area contributed by atoms with Crippen molar-refractivity contribution in [1.82, 2.24) is 0 Å². The number of halogens is 3. The van der Waals surface area contributed by atoms with Crippen molar-refractivity contribution in [2.45, 2.75) is 6.04 Å². The van der Waals surface area contributed by atoms with Gasteiger partial charge in [-0.15, -0.1) is 23.7 Å². The van der Waals surface area contributed by atoms with Crippen LogP contribution in [0.1, 0.15) is 16.5 Å². The number of thiophene rings is 1. The summed E-state index contributed by atoms with van der Waals surface area (Å²) in [5, 5.41) is 2.73.